The summed E-state index contributed by atoms with van der Waals surface area (Å²) >= 11 is 0. The van der Waals surface area contributed by atoms with Gasteiger partial charge in [0.1, 0.15) is 11.9 Å². The first-order chi connectivity index (χ1) is 18.6. The Labute approximate surface area is 223 Å². The van der Waals surface area contributed by atoms with Crippen molar-refractivity contribution in [2.24, 2.45) is 0 Å². The molecule has 3 aromatic rings. The molecule has 0 aromatic heterocycles. The maximum absolute atomic E-state index is 14.0. The monoisotopic (exact) mass is 585 g/mol. The SMILES string of the molecule is C[C@H]1[C@@H](c2cc(F)cc(C(F)(F)F)c2)OC(=O)N1Cc1cc(C(F)(F)F)ccc1C1=Cc2ccccc2S1(=O)=O. The molecule has 40 heavy (non-hydrogen) atoms. The molecule has 5 rings (SSSR count). The average molecular weight is 585 g/mol. The third-order valence-electron chi connectivity index (χ3n) is 6.79. The van der Waals surface area contributed by atoms with E-state index in [2.05, 4.69) is 0 Å². The van der Waals surface area contributed by atoms with Crippen molar-refractivity contribution in [3.63, 3.8) is 0 Å². The summed E-state index contributed by atoms with van der Waals surface area (Å²) in [5, 5.41) is 0. The van der Waals surface area contributed by atoms with E-state index < -0.39 is 63.9 Å². The van der Waals surface area contributed by atoms with Crippen LogP contribution in [0.3, 0.4) is 0 Å². The van der Waals surface area contributed by atoms with Gasteiger partial charge in [0.25, 0.3) is 0 Å². The number of amides is 1. The molecule has 1 fully saturated rings. The first-order valence-corrected chi connectivity index (χ1v) is 13.2. The maximum Gasteiger partial charge on any atom is 0.416 e. The van der Waals surface area contributed by atoms with Gasteiger partial charge in [-0.1, -0.05) is 24.3 Å². The number of benzene rings is 3. The first kappa shape index (κ1) is 27.7. The molecule has 0 radical (unpaired) electrons. The lowest BCUT2D eigenvalue weighted by atomic mass is 9.98. The molecule has 2 aliphatic rings. The van der Waals surface area contributed by atoms with E-state index >= 15 is 0 Å². The van der Waals surface area contributed by atoms with Crippen LogP contribution in [0.2, 0.25) is 0 Å². The van der Waals surface area contributed by atoms with Crippen molar-refractivity contribution in [2.45, 2.75) is 42.9 Å². The molecule has 2 aliphatic heterocycles. The Bertz CT molecular complexity index is 1660. The number of hydrogen-bond donors (Lipinski definition) is 0. The molecule has 1 amide bonds. The third-order valence-corrected chi connectivity index (χ3v) is 8.66. The molecule has 3 aromatic carbocycles. The van der Waals surface area contributed by atoms with Crippen LogP contribution in [0.5, 0.6) is 0 Å². The lowest BCUT2D eigenvalue weighted by Gasteiger charge is -2.23. The molecule has 2 heterocycles. The number of carbonyl (C=O) groups excluding carboxylic acids is 1. The highest BCUT2D eigenvalue weighted by Gasteiger charge is 2.43. The first-order valence-electron chi connectivity index (χ1n) is 11.7. The number of rotatable bonds is 4. The highest BCUT2D eigenvalue weighted by molar-refractivity contribution is 8.01. The zero-order valence-corrected chi connectivity index (χ0v) is 21.2. The van der Waals surface area contributed by atoms with Crippen molar-refractivity contribution in [3.8, 4) is 0 Å². The van der Waals surface area contributed by atoms with Crippen molar-refractivity contribution in [1.82, 2.24) is 4.90 Å². The van der Waals surface area contributed by atoms with Gasteiger partial charge in [0.2, 0.25) is 9.84 Å². The molecule has 0 bridgehead atoms. The molecule has 0 unspecified atom stereocenters. The molecule has 0 N–H and O–H groups in total. The second-order valence-corrected chi connectivity index (χ2v) is 11.2. The summed E-state index contributed by atoms with van der Waals surface area (Å²) in [5.41, 5.74) is -2.63. The van der Waals surface area contributed by atoms with E-state index in [9.17, 15) is 43.9 Å². The number of alkyl halides is 6. The zero-order chi connectivity index (χ0) is 29.2. The zero-order valence-electron chi connectivity index (χ0n) is 20.3. The number of carbonyl (C=O) groups is 1. The minimum atomic E-state index is -4.88. The Morgan fingerprint density at radius 1 is 0.900 bits per heavy atom. The summed E-state index contributed by atoms with van der Waals surface area (Å²) in [7, 11) is -4.11. The highest BCUT2D eigenvalue weighted by atomic mass is 32.2. The second kappa shape index (κ2) is 9.36. The van der Waals surface area contributed by atoms with Crippen LogP contribution in [0, 0.1) is 5.82 Å². The van der Waals surface area contributed by atoms with Gasteiger partial charge in [-0.2, -0.15) is 26.3 Å². The van der Waals surface area contributed by atoms with Crippen LogP contribution < -0.4 is 0 Å². The molecule has 0 aliphatic carbocycles. The van der Waals surface area contributed by atoms with Gasteiger partial charge in [0, 0.05) is 0 Å². The van der Waals surface area contributed by atoms with Gasteiger partial charge in [-0.3, -0.25) is 4.90 Å². The summed E-state index contributed by atoms with van der Waals surface area (Å²) in [6.45, 7) is 0.808. The largest absolute Gasteiger partial charge is 0.439 e. The molecule has 5 nitrogen and oxygen atoms in total. The van der Waals surface area contributed by atoms with Crippen molar-refractivity contribution >= 4 is 26.9 Å². The Hall–Kier alpha value is -3.87. The van der Waals surface area contributed by atoms with Crippen LogP contribution in [0.25, 0.3) is 11.0 Å². The van der Waals surface area contributed by atoms with Gasteiger partial charge in [0.05, 0.1) is 33.5 Å². The van der Waals surface area contributed by atoms with Crippen LogP contribution in [-0.2, 0) is 33.5 Å². The number of nitrogens with zero attached hydrogens (tertiary/aromatic N) is 1. The fourth-order valence-electron chi connectivity index (χ4n) is 4.83. The van der Waals surface area contributed by atoms with E-state index in [1.165, 1.54) is 31.2 Å². The minimum Gasteiger partial charge on any atom is -0.439 e. The van der Waals surface area contributed by atoms with Crippen molar-refractivity contribution < 1.29 is 48.7 Å². The molecular weight excluding hydrogens is 567 g/mol. The lowest BCUT2D eigenvalue weighted by Crippen LogP contribution is -2.32. The number of ether oxygens (including phenoxy) is 1. The fraction of sp³-hybridized carbons (Fsp3) is 0.222. The van der Waals surface area contributed by atoms with Crippen molar-refractivity contribution in [3.05, 3.63) is 99.9 Å². The predicted octanol–water partition coefficient (Wildman–Crippen LogP) is 7.23. The van der Waals surface area contributed by atoms with Crippen LogP contribution >= 0.6 is 0 Å². The number of cyclic esters (lactones) is 1. The van der Waals surface area contributed by atoms with Gasteiger partial charge in [0.15, 0.2) is 0 Å². The van der Waals surface area contributed by atoms with E-state index in [0.717, 1.165) is 23.1 Å². The Kier molecular flexibility index (Phi) is 6.48. The predicted molar refractivity (Wildman–Crippen MR) is 129 cm³/mol. The maximum atomic E-state index is 14.0. The topological polar surface area (TPSA) is 63.7 Å². The third kappa shape index (κ3) is 4.82. The highest BCUT2D eigenvalue weighted by Crippen LogP contribution is 2.43. The number of halogens is 7. The second-order valence-electron chi connectivity index (χ2n) is 9.36. The Morgan fingerprint density at radius 2 is 1.57 bits per heavy atom. The summed E-state index contributed by atoms with van der Waals surface area (Å²) in [4.78, 5) is 13.4. The molecule has 0 spiro atoms. The average Bonchev–Trinajstić information content (AvgIpc) is 3.30. The lowest BCUT2D eigenvalue weighted by molar-refractivity contribution is -0.138. The summed E-state index contributed by atoms with van der Waals surface area (Å²) in [5.74, 6) is -1.22. The van der Waals surface area contributed by atoms with Crippen LogP contribution in [0.15, 0.2) is 65.6 Å². The van der Waals surface area contributed by atoms with E-state index in [1.54, 1.807) is 6.07 Å². The molecule has 1 saturated heterocycles. The van der Waals surface area contributed by atoms with Crippen molar-refractivity contribution in [1.29, 1.82) is 0 Å². The molecule has 210 valence electrons. The smallest absolute Gasteiger partial charge is 0.416 e. The number of hydrogen-bond acceptors (Lipinski definition) is 4. The minimum absolute atomic E-state index is 0.0311. The Morgan fingerprint density at radius 3 is 2.23 bits per heavy atom. The summed E-state index contributed by atoms with van der Waals surface area (Å²) in [6, 6.07) is 9.05. The molecule has 13 heteroatoms. The fourth-order valence-corrected chi connectivity index (χ4v) is 6.53. The standard InChI is InChI=1S/C27H18F7NO4S/c1-14-24(16-8-19(27(32,33)34)12-20(28)10-16)39-25(36)35(14)13-17-9-18(26(29,30)31)6-7-21(17)23-11-15-4-2-3-5-22(15)40(23,37)38/h2-12,14,24H,13H2,1H3/t14-,24-/m0/s1. The van der Waals surface area contributed by atoms with Crippen LogP contribution in [-0.4, -0.2) is 25.5 Å². The normalized spacial score (nSPS) is 20.4. The van der Waals surface area contributed by atoms with Gasteiger partial charge in [-0.15, -0.1) is 0 Å². The van der Waals surface area contributed by atoms with Crippen LogP contribution in [0.4, 0.5) is 35.5 Å². The number of sulfone groups is 1. The molecule has 0 saturated carbocycles. The molecule has 2 atom stereocenters. The van der Waals surface area contributed by atoms with E-state index in [0.29, 0.717) is 17.7 Å². The van der Waals surface area contributed by atoms with Gasteiger partial charge >= 0.3 is 18.4 Å². The molecular formula is C27H18F7NO4S. The summed E-state index contributed by atoms with van der Waals surface area (Å²) in [6.07, 6.45) is -10.8. The van der Waals surface area contributed by atoms with E-state index in [4.69, 9.17) is 4.74 Å². The van der Waals surface area contributed by atoms with E-state index in [1.807, 2.05) is 0 Å². The van der Waals surface area contributed by atoms with Gasteiger partial charge in [-0.05, 0) is 71.7 Å². The quantitative estimate of drug-likeness (QED) is 0.303. The Balaban J connectivity index is 1.55. The van der Waals surface area contributed by atoms with E-state index in [-0.39, 0.29) is 32.6 Å². The summed E-state index contributed by atoms with van der Waals surface area (Å²) < 4.78 is 126. The van der Waals surface area contributed by atoms with Crippen molar-refractivity contribution in [2.75, 3.05) is 0 Å². The van der Waals surface area contributed by atoms with Crippen LogP contribution in [0.1, 0.15) is 46.4 Å². The van der Waals surface area contributed by atoms with Gasteiger partial charge < -0.3 is 4.74 Å². The number of fused-ring (bicyclic) bond motifs is 1. The van der Waals surface area contributed by atoms with Gasteiger partial charge in [-0.25, -0.2) is 17.6 Å².